The SMILES string of the molecule is CN(C(C(N)=O)c1cccc(F)c1)S(=O)(=O)c1cnn(Cc2ccccc2)c1. The molecule has 0 spiro atoms. The molecule has 1 atom stereocenters. The smallest absolute Gasteiger partial charge is 0.246 e. The minimum Gasteiger partial charge on any atom is -0.368 e. The maximum absolute atomic E-state index is 13.6. The third-order valence-electron chi connectivity index (χ3n) is 4.27. The van der Waals surface area contributed by atoms with Crippen molar-refractivity contribution in [1.82, 2.24) is 14.1 Å². The number of hydrogen-bond donors (Lipinski definition) is 1. The fraction of sp³-hybridized carbons (Fsp3) is 0.158. The first-order chi connectivity index (χ1) is 13.3. The van der Waals surface area contributed by atoms with Crippen LogP contribution in [0.15, 0.2) is 71.9 Å². The number of aromatic nitrogens is 2. The van der Waals surface area contributed by atoms with E-state index in [1.807, 2.05) is 30.3 Å². The van der Waals surface area contributed by atoms with E-state index in [1.165, 1.54) is 42.3 Å². The number of nitrogens with two attached hydrogens (primary N) is 1. The van der Waals surface area contributed by atoms with Gasteiger partial charge in [0.1, 0.15) is 16.8 Å². The Hall–Kier alpha value is -3.04. The maximum Gasteiger partial charge on any atom is 0.246 e. The Balaban J connectivity index is 1.89. The van der Waals surface area contributed by atoms with Crippen LogP contribution in [0.25, 0.3) is 0 Å². The highest BCUT2D eigenvalue weighted by atomic mass is 32.2. The number of carbonyl (C=O) groups excluding carboxylic acids is 1. The van der Waals surface area contributed by atoms with E-state index < -0.39 is 27.8 Å². The van der Waals surface area contributed by atoms with Gasteiger partial charge in [0.25, 0.3) is 0 Å². The first kappa shape index (κ1) is 19.7. The summed E-state index contributed by atoms with van der Waals surface area (Å²) in [6, 6.07) is 13.2. The van der Waals surface area contributed by atoms with E-state index in [-0.39, 0.29) is 10.5 Å². The number of nitrogens with zero attached hydrogens (tertiary/aromatic N) is 3. The fourth-order valence-corrected chi connectivity index (χ4v) is 4.14. The number of primary amides is 1. The van der Waals surface area contributed by atoms with Crippen molar-refractivity contribution in [1.29, 1.82) is 0 Å². The molecule has 1 aromatic heterocycles. The van der Waals surface area contributed by atoms with Crippen LogP contribution in [0, 0.1) is 5.82 Å². The Bertz CT molecular complexity index is 1080. The number of sulfonamides is 1. The van der Waals surface area contributed by atoms with Crippen molar-refractivity contribution in [3.05, 3.63) is 83.9 Å². The van der Waals surface area contributed by atoms with Crippen LogP contribution in [0.3, 0.4) is 0 Å². The highest BCUT2D eigenvalue weighted by molar-refractivity contribution is 7.89. The van der Waals surface area contributed by atoms with Crippen LogP contribution >= 0.6 is 0 Å². The van der Waals surface area contributed by atoms with Crippen molar-refractivity contribution in [2.24, 2.45) is 5.73 Å². The zero-order valence-corrected chi connectivity index (χ0v) is 15.9. The van der Waals surface area contributed by atoms with Gasteiger partial charge < -0.3 is 5.73 Å². The van der Waals surface area contributed by atoms with Crippen LogP contribution in [0.2, 0.25) is 0 Å². The normalized spacial score (nSPS) is 12.8. The largest absolute Gasteiger partial charge is 0.368 e. The van der Waals surface area contributed by atoms with Gasteiger partial charge in [-0.2, -0.15) is 9.40 Å². The van der Waals surface area contributed by atoms with Gasteiger partial charge >= 0.3 is 0 Å². The number of hydrogen-bond acceptors (Lipinski definition) is 4. The summed E-state index contributed by atoms with van der Waals surface area (Å²) in [5, 5.41) is 4.09. The predicted octanol–water partition coefficient (Wildman–Crippen LogP) is 1.92. The fourth-order valence-electron chi connectivity index (χ4n) is 2.87. The first-order valence-corrected chi connectivity index (χ1v) is 9.82. The second-order valence-electron chi connectivity index (χ2n) is 6.24. The molecule has 28 heavy (non-hydrogen) atoms. The van der Waals surface area contributed by atoms with E-state index in [0.717, 1.165) is 15.9 Å². The molecular formula is C19H19FN4O3S. The number of carbonyl (C=O) groups is 1. The number of benzene rings is 2. The summed E-state index contributed by atoms with van der Waals surface area (Å²) >= 11 is 0. The third kappa shape index (κ3) is 4.10. The summed E-state index contributed by atoms with van der Waals surface area (Å²) in [4.78, 5) is 11.9. The zero-order chi connectivity index (χ0) is 20.3. The summed E-state index contributed by atoms with van der Waals surface area (Å²) in [6.45, 7) is 0.392. The molecule has 0 aliphatic heterocycles. The molecule has 0 bridgehead atoms. The Kier molecular flexibility index (Phi) is 5.57. The van der Waals surface area contributed by atoms with Gasteiger partial charge in [0.15, 0.2) is 0 Å². The molecule has 0 saturated heterocycles. The molecule has 3 rings (SSSR count). The van der Waals surface area contributed by atoms with Crippen LogP contribution in [0.5, 0.6) is 0 Å². The van der Waals surface area contributed by atoms with Gasteiger partial charge in [-0.25, -0.2) is 12.8 Å². The lowest BCUT2D eigenvalue weighted by Crippen LogP contribution is -2.39. The van der Waals surface area contributed by atoms with Crippen molar-refractivity contribution in [3.63, 3.8) is 0 Å². The van der Waals surface area contributed by atoms with Gasteiger partial charge in [-0.05, 0) is 23.3 Å². The monoisotopic (exact) mass is 402 g/mol. The van der Waals surface area contributed by atoms with Gasteiger partial charge in [-0.3, -0.25) is 9.48 Å². The Morgan fingerprint density at radius 2 is 1.93 bits per heavy atom. The van der Waals surface area contributed by atoms with Crippen molar-refractivity contribution in [2.75, 3.05) is 7.05 Å². The lowest BCUT2D eigenvalue weighted by atomic mass is 10.1. The number of halogens is 1. The summed E-state index contributed by atoms with van der Waals surface area (Å²) in [5.41, 5.74) is 6.52. The minimum atomic E-state index is -4.09. The van der Waals surface area contributed by atoms with Crippen molar-refractivity contribution in [2.45, 2.75) is 17.5 Å². The second-order valence-corrected chi connectivity index (χ2v) is 8.24. The molecule has 3 aromatic rings. The van der Waals surface area contributed by atoms with Crippen LogP contribution < -0.4 is 5.73 Å². The Morgan fingerprint density at radius 3 is 2.57 bits per heavy atom. The van der Waals surface area contributed by atoms with Crippen LogP contribution in [0.4, 0.5) is 4.39 Å². The minimum absolute atomic E-state index is 0.0893. The van der Waals surface area contributed by atoms with Crippen LogP contribution in [0.1, 0.15) is 17.2 Å². The van der Waals surface area contributed by atoms with Crippen LogP contribution in [-0.2, 0) is 21.4 Å². The molecule has 0 aliphatic carbocycles. The zero-order valence-electron chi connectivity index (χ0n) is 15.1. The molecule has 0 radical (unpaired) electrons. The molecule has 2 aromatic carbocycles. The lowest BCUT2D eigenvalue weighted by Gasteiger charge is -2.24. The van der Waals surface area contributed by atoms with Gasteiger partial charge in [-0.15, -0.1) is 0 Å². The van der Waals surface area contributed by atoms with Gasteiger partial charge in [0.05, 0.1) is 12.7 Å². The van der Waals surface area contributed by atoms with E-state index in [9.17, 15) is 17.6 Å². The van der Waals surface area contributed by atoms with E-state index in [1.54, 1.807) is 0 Å². The molecule has 146 valence electrons. The van der Waals surface area contributed by atoms with Crippen molar-refractivity contribution < 1.29 is 17.6 Å². The number of rotatable bonds is 7. The molecule has 0 fully saturated rings. The van der Waals surface area contributed by atoms with Crippen molar-refractivity contribution in [3.8, 4) is 0 Å². The predicted molar refractivity (Wildman–Crippen MR) is 101 cm³/mol. The average Bonchev–Trinajstić information content (AvgIpc) is 3.12. The third-order valence-corrected chi connectivity index (χ3v) is 6.05. The second kappa shape index (κ2) is 7.91. The first-order valence-electron chi connectivity index (χ1n) is 8.38. The lowest BCUT2D eigenvalue weighted by molar-refractivity contribution is -0.121. The quantitative estimate of drug-likeness (QED) is 0.653. The van der Waals surface area contributed by atoms with Crippen LogP contribution in [-0.4, -0.2) is 35.5 Å². The number of amides is 1. The summed E-state index contributed by atoms with van der Waals surface area (Å²) in [7, 11) is -2.86. The highest BCUT2D eigenvalue weighted by Crippen LogP contribution is 2.26. The molecule has 0 aliphatic rings. The van der Waals surface area contributed by atoms with Gasteiger partial charge in [0.2, 0.25) is 15.9 Å². The van der Waals surface area contributed by atoms with E-state index in [4.69, 9.17) is 5.73 Å². The Labute approximate surface area is 162 Å². The Morgan fingerprint density at radius 1 is 1.21 bits per heavy atom. The molecule has 1 heterocycles. The molecule has 0 saturated carbocycles. The molecular weight excluding hydrogens is 383 g/mol. The number of likely N-dealkylation sites (N-methyl/N-ethyl adjacent to an activating group) is 1. The average molecular weight is 402 g/mol. The molecule has 1 unspecified atom stereocenters. The van der Waals surface area contributed by atoms with E-state index in [0.29, 0.717) is 6.54 Å². The summed E-state index contributed by atoms with van der Waals surface area (Å²) in [5.74, 6) is -1.50. The van der Waals surface area contributed by atoms with E-state index >= 15 is 0 Å². The van der Waals surface area contributed by atoms with Gasteiger partial charge in [-0.1, -0.05) is 42.5 Å². The molecule has 1 amide bonds. The highest BCUT2D eigenvalue weighted by Gasteiger charge is 2.34. The maximum atomic E-state index is 13.6. The molecule has 7 nitrogen and oxygen atoms in total. The van der Waals surface area contributed by atoms with E-state index in [2.05, 4.69) is 5.10 Å². The standard InChI is InChI=1S/C19H19FN4O3S/c1-23(18(19(21)25)15-8-5-9-16(20)10-15)28(26,27)17-11-22-24(13-17)12-14-6-3-2-4-7-14/h2-11,13,18H,12H2,1H3,(H2,21,25). The topological polar surface area (TPSA) is 98.3 Å². The molecule has 9 heteroatoms. The molecule has 2 N–H and O–H groups in total. The summed E-state index contributed by atoms with van der Waals surface area (Å²) in [6.07, 6.45) is 2.58. The van der Waals surface area contributed by atoms with Gasteiger partial charge in [0, 0.05) is 13.2 Å². The van der Waals surface area contributed by atoms with Crippen molar-refractivity contribution >= 4 is 15.9 Å². The summed E-state index contributed by atoms with van der Waals surface area (Å²) < 4.78 is 41.8.